The highest BCUT2D eigenvalue weighted by Crippen LogP contribution is 2.19. The first-order chi connectivity index (χ1) is 5.54. The van der Waals surface area contributed by atoms with E-state index < -0.39 is 0 Å². The number of aliphatic hydroxyl groups is 1. The van der Waals surface area contributed by atoms with Gasteiger partial charge in [0.25, 0.3) is 0 Å². The monoisotopic (exact) mass is 232 g/mol. The maximum absolute atomic E-state index is 9.33. The Labute approximate surface area is 80.5 Å². The average molecular weight is 233 g/mol. The molecule has 0 saturated carbocycles. The highest BCUT2D eigenvalue weighted by Gasteiger charge is 2.14. The molecule has 1 aromatic heterocycles. The summed E-state index contributed by atoms with van der Waals surface area (Å²) in [6, 6.07) is 0.0244. The van der Waals surface area contributed by atoms with Crippen molar-refractivity contribution >= 4 is 15.9 Å². The molecule has 12 heavy (non-hydrogen) atoms. The summed E-state index contributed by atoms with van der Waals surface area (Å²) in [5.41, 5.74) is 1.04. The SMILES string of the molecule is Cc1c(Br)cnn1C(C)C(C)O. The molecule has 2 unspecified atom stereocenters. The van der Waals surface area contributed by atoms with E-state index in [1.165, 1.54) is 0 Å². The summed E-state index contributed by atoms with van der Waals surface area (Å²) in [5.74, 6) is 0. The number of aromatic nitrogens is 2. The zero-order chi connectivity index (χ0) is 9.30. The molecule has 1 N–H and O–H groups in total. The highest BCUT2D eigenvalue weighted by molar-refractivity contribution is 9.10. The lowest BCUT2D eigenvalue weighted by Crippen LogP contribution is -2.20. The molecule has 4 heteroatoms. The zero-order valence-electron chi connectivity index (χ0n) is 7.45. The second-order valence-corrected chi connectivity index (χ2v) is 3.86. The maximum atomic E-state index is 9.33. The van der Waals surface area contributed by atoms with Crippen LogP contribution in [0.4, 0.5) is 0 Å². The molecule has 1 heterocycles. The van der Waals surface area contributed by atoms with Gasteiger partial charge in [-0.25, -0.2) is 0 Å². The van der Waals surface area contributed by atoms with Gasteiger partial charge < -0.3 is 5.11 Å². The molecule has 0 radical (unpaired) electrons. The lowest BCUT2D eigenvalue weighted by molar-refractivity contribution is 0.131. The van der Waals surface area contributed by atoms with Crippen LogP contribution in [0.25, 0.3) is 0 Å². The van der Waals surface area contributed by atoms with Gasteiger partial charge in [0.05, 0.1) is 22.8 Å². The normalized spacial score (nSPS) is 16.1. The third-order valence-corrected chi connectivity index (χ3v) is 2.85. The summed E-state index contributed by atoms with van der Waals surface area (Å²) >= 11 is 3.37. The molecule has 0 aromatic carbocycles. The topological polar surface area (TPSA) is 38.0 Å². The number of hydrogen-bond donors (Lipinski definition) is 1. The van der Waals surface area contributed by atoms with E-state index in [-0.39, 0.29) is 12.1 Å². The molecule has 0 amide bonds. The fourth-order valence-corrected chi connectivity index (χ4v) is 1.29. The van der Waals surface area contributed by atoms with Crippen LogP contribution in [0, 0.1) is 6.92 Å². The molecular weight excluding hydrogens is 220 g/mol. The van der Waals surface area contributed by atoms with Crippen molar-refractivity contribution in [1.29, 1.82) is 0 Å². The third kappa shape index (κ3) is 1.69. The molecule has 0 aliphatic rings. The second kappa shape index (κ2) is 3.58. The van der Waals surface area contributed by atoms with E-state index >= 15 is 0 Å². The molecule has 0 fully saturated rings. The fourth-order valence-electron chi connectivity index (χ4n) is 1.02. The van der Waals surface area contributed by atoms with E-state index in [0.29, 0.717) is 0 Å². The predicted molar refractivity (Wildman–Crippen MR) is 51.1 cm³/mol. The number of nitrogens with zero attached hydrogens (tertiary/aromatic N) is 2. The van der Waals surface area contributed by atoms with Crippen LogP contribution in [0.15, 0.2) is 10.7 Å². The Balaban J connectivity index is 2.95. The molecular formula is C8H13BrN2O. The van der Waals surface area contributed by atoms with Gasteiger partial charge in [0.15, 0.2) is 0 Å². The van der Waals surface area contributed by atoms with Gasteiger partial charge >= 0.3 is 0 Å². The van der Waals surface area contributed by atoms with Gasteiger partial charge in [-0.3, -0.25) is 4.68 Å². The molecule has 0 aliphatic heterocycles. The van der Waals surface area contributed by atoms with Crippen LogP contribution in [0.3, 0.4) is 0 Å². The summed E-state index contributed by atoms with van der Waals surface area (Å²) in [4.78, 5) is 0. The molecule has 68 valence electrons. The Kier molecular flexibility index (Phi) is 2.90. The summed E-state index contributed by atoms with van der Waals surface area (Å²) in [5, 5.41) is 13.5. The van der Waals surface area contributed by atoms with E-state index in [9.17, 15) is 5.11 Å². The molecule has 0 bridgehead atoms. The van der Waals surface area contributed by atoms with E-state index in [4.69, 9.17) is 0 Å². The lowest BCUT2D eigenvalue weighted by atomic mass is 10.2. The predicted octanol–water partition coefficient (Wildman–Crippen LogP) is 1.90. The zero-order valence-corrected chi connectivity index (χ0v) is 9.04. The Morgan fingerprint density at radius 1 is 1.58 bits per heavy atom. The van der Waals surface area contributed by atoms with Crippen LogP contribution in [-0.4, -0.2) is 21.0 Å². The van der Waals surface area contributed by atoms with Gasteiger partial charge in [-0.2, -0.15) is 5.10 Å². The first-order valence-electron chi connectivity index (χ1n) is 3.91. The molecule has 0 spiro atoms. The number of rotatable bonds is 2. The van der Waals surface area contributed by atoms with Crippen LogP contribution < -0.4 is 0 Å². The summed E-state index contributed by atoms with van der Waals surface area (Å²) < 4.78 is 2.80. The van der Waals surface area contributed by atoms with Crippen LogP contribution in [0.1, 0.15) is 25.6 Å². The summed E-state index contributed by atoms with van der Waals surface area (Å²) in [6.45, 7) is 5.67. The van der Waals surface area contributed by atoms with Crippen molar-refractivity contribution < 1.29 is 5.11 Å². The average Bonchev–Trinajstić information content (AvgIpc) is 2.32. The van der Waals surface area contributed by atoms with Crippen molar-refractivity contribution in [2.45, 2.75) is 32.9 Å². The minimum absolute atomic E-state index is 0.0244. The van der Waals surface area contributed by atoms with Gasteiger partial charge in [0.2, 0.25) is 0 Å². The van der Waals surface area contributed by atoms with Crippen molar-refractivity contribution in [1.82, 2.24) is 9.78 Å². The Hall–Kier alpha value is -0.350. The summed E-state index contributed by atoms with van der Waals surface area (Å²) in [7, 11) is 0. The van der Waals surface area contributed by atoms with Gasteiger partial charge in [-0.1, -0.05) is 0 Å². The van der Waals surface area contributed by atoms with Gasteiger partial charge in [-0.05, 0) is 36.7 Å². The van der Waals surface area contributed by atoms with Gasteiger partial charge in [0, 0.05) is 5.69 Å². The van der Waals surface area contributed by atoms with E-state index in [1.54, 1.807) is 13.1 Å². The Morgan fingerprint density at radius 2 is 2.17 bits per heavy atom. The van der Waals surface area contributed by atoms with E-state index in [0.717, 1.165) is 10.2 Å². The van der Waals surface area contributed by atoms with Crippen molar-refractivity contribution in [2.24, 2.45) is 0 Å². The quantitative estimate of drug-likeness (QED) is 0.847. The fraction of sp³-hybridized carbons (Fsp3) is 0.625. The Morgan fingerprint density at radius 3 is 2.50 bits per heavy atom. The van der Waals surface area contributed by atoms with Crippen molar-refractivity contribution in [3.8, 4) is 0 Å². The van der Waals surface area contributed by atoms with E-state index in [1.807, 2.05) is 18.5 Å². The van der Waals surface area contributed by atoms with Crippen LogP contribution in [0.5, 0.6) is 0 Å². The first-order valence-corrected chi connectivity index (χ1v) is 4.71. The van der Waals surface area contributed by atoms with Crippen molar-refractivity contribution in [3.05, 3.63) is 16.4 Å². The summed E-state index contributed by atoms with van der Waals surface area (Å²) in [6.07, 6.45) is 1.37. The molecule has 0 aliphatic carbocycles. The molecule has 3 nitrogen and oxygen atoms in total. The smallest absolute Gasteiger partial charge is 0.0750 e. The van der Waals surface area contributed by atoms with Gasteiger partial charge in [-0.15, -0.1) is 0 Å². The Bertz CT molecular complexity index is 270. The number of aliphatic hydroxyl groups excluding tert-OH is 1. The maximum Gasteiger partial charge on any atom is 0.0750 e. The van der Waals surface area contributed by atoms with Crippen LogP contribution in [-0.2, 0) is 0 Å². The molecule has 1 aromatic rings. The standard InChI is InChI=1S/C8H13BrN2O/c1-5(7(3)12)11-6(2)8(9)4-10-11/h4-5,7,12H,1-3H3. The van der Waals surface area contributed by atoms with Crippen molar-refractivity contribution in [3.63, 3.8) is 0 Å². The van der Waals surface area contributed by atoms with Gasteiger partial charge in [0.1, 0.15) is 0 Å². The van der Waals surface area contributed by atoms with Crippen molar-refractivity contribution in [2.75, 3.05) is 0 Å². The van der Waals surface area contributed by atoms with Crippen LogP contribution >= 0.6 is 15.9 Å². The third-order valence-electron chi connectivity index (χ3n) is 2.07. The second-order valence-electron chi connectivity index (χ2n) is 3.00. The minimum Gasteiger partial charge on any atom is -0.391 e. The number of hydrogen-bond acceptors (Lipinski definition) is 2. The largest absolute Gasteiger partial charge is 0.391 e. The minimum atomic E-state index is -0.379. The van der Waals surface area contributed by atoms with E-state index in [2.05, 4.69) is 21.0 Å². The number of halogens is 1. The lowest BCUT2D eigenvalue weighted by Gasteiger charge is -2.16. The highest BCUT2D eigenvalue weighted by atomic mass is 79.9. The van der Waals surface area contributed by atoms with Crippen LogP contribution in [0.2, 0.25) is 0 Å². The molecule has 1 rings (SSSR count). The molecule has 2 atom stereocenters. The molecule has 0 saturated heterocycles. The first kappa shape index (κ1) is 9.74.